The number of carbonyl (C=O) groups is 2. The number of aryl methyl sites for hydroxylation is 1. The number of fused-ring (bicyclic) bond motifs is 4. The van der Waals surface area contributed by atoms with E-state index >= 15 is 0 Å². The summed E-state index contributed by atoms with van der Waals surface area (Å²) in [5.74, 6) is -0.353. The van der Waals surface area contributed by atoms with Crippen LogP contribution in [0, 0.1) is 17.2 Å². The van der Waals surface area contributed by atoms with Gasteiger partial charge in [-0.15, -0.1) is 0 Å². The normalized spacial score (nSPS) is 20.2. The quantitative estimate of drug-likeness (QED) is 0.511. The Balaban J connectivity index is 1.52. The molecule has 0 unspecified atom stereocenters. The Kier molecular flexibility index (Phi) is 6.81. The van der Waals surface area contributed by atoms with Gasteiger partial charge >= 0.3 is 0 Å². The first-order valence-electron chi connectivity index (χ1n) is 12.4. The second kappa shape index (κ2) is 10.2. The fraction of sp³-hybridized carbons (Fsp3) is 0.321. The van der Waals surface area contributed by atoms with Crippen molar-refractivity contribution < 1.29 is 9.59 Å². The maximum absolute atomic E-state index is 13.5. The molecule has 0 spiro atoms. The standard InChI is InChI=1S/C28H27ClN6O2/c1-17-4-3-5-25(23-12-19(8-10-31-23)27-24(33-28(17)37)16-32-34(27)2)35-11-9-18(13-26(35)36)22-14-21(29)7-6-20(22)15-30/h6-8,10,12-14,16-17,25H,3-5,9,11H2,1-2H3,(H,33,37)/t17-,25+/m1/s1. The number of aromatic nitrogens is 3. The minimum atomic E-state index is -0.244. The summed E-state index contributed by atoms with van der Waals surface area (Å²) >= 11 is 6.19. The molecule has 0 saturated carbocycles. The predicted octanol–water partition coefficient (Wildman–Crippen LogP) is 5.12. The number of benzene rings is 1. The molecule has 0 saturated heterocycles. The van der Waals surface area contributed by atoms with Gasteiger partial charge in [-0.2, -0.15) is 10.4 Å². The largest absolute Gasteiger partial charge is 0.330 e. The highest BCUT2D eigenvalue weighted by atomic mass is 35.5. The highest BCUT2D eigenvalue weighted by molar-refractivity contribution is 6.30. The Morgan fingerprint density at radius 1 is 1.19 bits per heavy atom. The molecule has 4 heterocycles. The van der Waals surface area contributed by atoms with Crippen LogP contribution in [0.1, 0.15) is 55.5 Å². The number of nitrogens with zero attached hydrogens (tertiary/aromatic N) is 5. The molecule has 0 fully saturated rings. The molecular formula is C28H27ClN6O2. The number of hydrogen-bond acceptors (Lipinski definition) is 5. The van der Waals surface area contributed by atoms with Crippen LogP contribution in [0.25, 0.3) is 16.8 Å². The van der Waals surface area contributed by atoms with Crippen molar-refractivity contribution in [2.75, 3.05) is 11.9 Å². The second-order valence-corrected chi connectivity index (χ2v) is 10.0. The number of rotatable bonds is 2. The first-order valence-corrected chi connectivity index (χ1v) is 12.7. The van der Waals surface area contributed by atoms with Crippen LogP contribution in [0.4, 0.5) is 5.69 Å². The lowest BCUT2D eigenvalue weighted by Crippen LogP contribution is -2.38. The van der Waals surface area contributed by atoms with Crippen LogP contribution in [0.2, 0.25) is 5.02 Å². The lowest BCUT2D eigenvalue weighted by molar-refractivity contribution is -0.129. The lowest BCUT2D eigenvalue weighted by atomic mass is 9.92. The van der Waals surface area contributed by atoms with E-state index in [-0.39, 0.29) is 23.8 Å². The van der Waals surface area contributed by atoms with E-state index in [1.165, 1.54) is 0 Å². The van der Waals surface area contributed by atoms with Crippen LogP contribution < -0.4 is 5.32 Å². The molecule has 1 aromatic carbocycles. The molecule has 9 heteroatoms. The van der Waals surface area contributed by atoms with Crippen LogP contribution in [-0.4, -0.2) is 38.0 Å². The average Bonchev–Trinajstić information content (AvgIpc) is 3.25. The van der Waals surface area contributed by atoms with Crippen molar-refractivity contribution >= 4 is 34.7 Å². The summed E-state index contributed by atoms with van der Waals surface area (Å²) in [5.41, 5.74) is 5.12. The van der Waals surface area contributed by atoms with Crippen LogP contribution in [0.3, 0.4) is 0 Å². The molecule has 8 nitrogen and oxygen atoms in total. The number of hydrogen-bond donors (Lipinski definition) is 1. The van der Waals surface area contributed by atoms with E-state index in [9.17, 15) is 14.9 Å². The van der Waals surface area contributed by atoms with Gasteiger partial charge in [0.25, 0.3) is 0 Å². The van der Waals surface area contributed by atoms with E-state index in [2.05, 4.69) is 21.5 Å². The number of nitriles is 1. The summed E-state index contributed by atoms with van der Waals surface area (Å²) in [5, 5.41) is 17.5. The van der Waals surface area contributed by atoms with Gasteiger partial charge in [0.1, 0.15) is 0 Å². The molecule has 5 rings (SSSR count). The number of amides is 2. The van der Waals surface area contributed by atoms with Gasteiger partial charge in [-0.3, -0.25) is 19.3 Å². The number of pyridine rings is 1. The van der Waals surface area contributed by atoms with Gasteiger partial charge in [0.05, 0.1) is 40.9 Å². The Hall–Kier alpha value is -3.96. The van der Waals surface area contributed by atoms with Gasteiger partial charge in [0, 0.05) is 42.4 Å². The van der Waals surface area contributed by atoms with Gasteiger partial charge in [-0.05, 0) is 60.7 Å². The zero-order valence-corrected chi connectivity index (χ0v) is 21.5. The van der Waals surface area contributed by atoms with Gasteiger partial charge in [0.15, 0.2) is 0 Å². The van der Waals surface area contributed by atoms with Gasteiger partial charge < -0.3 is 10.2 Å². The summed E-state index contributed by atoms with van der Waals surface area (Å²) in [6, 6.07) is 10.9. The molecule has 188 valence electrons. The third-order valence-electron chi connectivity index (χ3n) is 7.18. The number of anilines is 1. The molecule has 2 bridgehead atoms. The maximum atomic E-state index is 13.5. The molecule has 2 aliphatic heterocycles. The summed E-state index contributed by atoms with van der Waals surface area (Å²) in [6.45, 7) is 2.41. The Morgan fingerprint density at radius 3 is 2.81 bits per heavy atom. The Morgan fingerprint density at radius 2 is 2.03 bits per heavy atom. The number of carbonyl (C=O) groups excluding carboxylic acids is 2. The SMILES string of the molecule is C[C@@H]1CCC[C@H](N2CCC(c3cc(Cl)ccc3C#N)=CC2=O)c2cc(ccn2)-c2c(cnn2C)NC1=O. The monoisotopic (exact) mass is 514 g/mol. The van der Waals surface area contributed by atoms with Crippen LogP contribution in [0.5, 0.6) is 0 Å². The van der Waals surface area contributed by atoms with Gasteiger partial charge in [-0.25, -0.2) is 0 Å². The van der Waals surface area contributed by atoms with Crippen molar-refractivity contribution in [3.8, 4) is 17.3 Å². The highest BCUT2D eigenvalue weighted by Crippen LogP contribution is 2.36. The summed E-state index contributed by atoms with van der Waals surface area (Å²) in [6.07, 6.45) is 7.75. The maximum Gasteiger partial charge on any atom is 0.247 e. The van der Waals surface area contributed by atoms with Crippen LogP contribution >= 0.6 is 11.6 Å². The van der Waals surface area contributed by atoms with Crippen molar-refractivity contribution in [2.24, 2.45) is 13.0 Å². The number of nitrogens with one attached hydrogen (secondary N) is 1. The van der Waals surface area contributed by atoms with Crippen LogP contribution in [0.15, 0.2) is 48.8 Å². The molecular weight excluding hydrogens is 488 g/mol. The molecule has 2 aliphatic rings. The van der Waals surface area contributed by atoms with E-state index in [4.69, 9.17) is 11.6 Å². The second-order valence-electron chi connectivity index (χ2n) is 9.59. The third kappa shape index (κ3) is 4.87. The predicted molar refractivity (Wildman–Crippen MR) is 141 cm³/mol. The summed E-state index contributed by atoms with van der Waals surface area (Å²) in [4.78, 5) is 32.9. The summed E-state index contributed by atoms with van der Waals surface area (Å²) in [7, 11) is 1.84. The van der Waals surface area contributed by atoms with E-state index in [0.29, 0.717) is 47.6 Å². The number of halogens is 1. The van der Waals surface area contributed by atoms with Gasteiger partial charge in [-0.1, -0.05) is 24.9 Å². The zero-order valence-electron chi connectivity index (χ0n) is 20.7. The Labute approximate surface area is 220 Å². The van der Waals surface area contributed by atoms with E-state index in [1.54, 1.807) is 41.4 Å². The van der Waals surface area contributed by atoms with Crippen molar-refractivity contribution in [2.45, 2.75) is 38.6 Å². The highest BCUT2D eigenvalue weighted by Gasteiger charge is 2.30. The summed E-state index contributed by atoms with van der Waals surface area (Å²) < 4.78 is 1.74. The molecule has 0 aliphatic carbocycles. The minimum Gasteiger partial charge on any atom is -0.330 e. The molecule has 2 aromatic heterocycles. The van der Waals surface area contributed by atoms with Crippen molar-refractivity contribution in [1.29, 1.82) is 5.26 Å². The van der Waals surface area contributed by atoms with Crippen molar-refractivity contribution in [3.63, 3.8) is 0 Å². The fourth-order valence-electron chi connectivity index (χ4n) is 5.17. The molecule has 2 amide bonds. The fourth-order valence-corrected chi connectivity index (χ4v) is 5.35. The first-order chi connectivity index (χ1) is 17.9. The topological polar surface area (TPSA) is 104 Å². The van der Waals surface area contributed by atoms with E-state index in [0.717, 1.165) is 28.9 Å². The van der Waals surface area contributed by atoms with E-state index in [1.807, 2.05) is 31.0 Å². The molecule has 3 aromatic rings. The van der Waals surface area contributed by atoms with Crippen LogP contribution in [-0.2, 0) is 16.6 Å². The Bertz CT molecular complexity index is 1450. The smallest absolute Gasteiger partial charge is 0.247 e. The third-order valence-corrected chi connectivity index (χ3v) is 7.42. The van der Waals surface area contributed by atoms with Crippen molar-refractivity contribution in [1.82, 2.24) is 19.7 Å². The molecule has 37 heavy (non-hydrogen) atoms. The lowest BCUT2D eigenvalue weighted by Gasteiger charge is -2.34. The first kappa shape index (κ1) is 24.7. The van der Waals surface area contributed by atoms with Gasteiger partial charge in [0.2, 0.25) is 11.8 Å². The zero-order chi connectivity index (χ0) is 26.1. The molecule has 0 radical (unpaired) electrons. The minimum absolute atomic E-state index is 0.0444. The molecule has 2 atom stereocenters. The average molecular weight is 515 g/mol. The van der Waals surface area contributed by atoms with Crippen molar-refractivity contribution in [3.05, 3.63) is 70.6 Å². The molecule has 1 N–H and O–H groups in total. The van der Waals surface area contributed by atoms with E-state index < -0.39 is 0 Å².